The maximum absolute atomic E-state index is 12.8. The van der Waals surface area contributed by atoms with E-state index in [0.29, 0.717) is 37.2 Å². The third-order valence-electron chi connectivity index (χ3n) is 4.53. The number of ether oxygens (including phenoxy) is 1. The second-order valence-corrected chi connectivity index (χ2v) is 10.00. The van der Waals surface area contributed by atoms with Gasteiger partial charge in [-0.3, -0.25) is 4.79 Å². The van der Waals surface area contributed by atoms with Crippen LogP contribution < -0.4 is 0 Å². The molecule has 3 rings (SSSR count). The average molecular weight is 423 g/mol. The van der Waals surface area contributed by atoms with Crippen molar-refractivity contribution in [2.75, 3.05) is 32.4 Å². The molecule has 9 nitrogen and oxygen atoms in total. The van der Waals surface area contributed by atoms with Crippen molar-refractivity contribution in [3.05, 3.63) is 24.3 Å². The van der Waals surface area contributed by atoms with E-state index in [1.807, 2.05) is 0 Å². The molecule has 0 spiro atoms. The van der Waals surface area contributed by atoms with Crippen molar-refractivity contribution in [3.8, 4) is 0 Å². The molecule has 10 heteroatoms. The highest BCUT2D eigenvalue weighted by Crippen LogP contribution is 2.20. The van der Waals surface area contributed by atoms with E-state index in [1.54, 1.807) is 54.8 Å². The van der Waals surface area contributed by atoms with E-state index in [0.717, 1.165) is 6.26 Å². The number of amides is 2. The first kappa shape index (κ1) is 21.1. The molecule has 1 fully saturated rings. The van der Waals surface area contributed by atoms with Crippen LogP contribution in [0.15, 0.2) is 29.4 Å². The number of fused-ring (bicyclic) bond motifs is 1. The van der Waals surface area contributed by atoms with Crippen molar-refractivity contribution in [3.63, 3.8) is 0 Å². The largest absolute Gasteiger partial charge is 0.444 e. The minimum atomic E-state index is -3.60. The number of carbonyl (C=O) groups excluding carboxylic acids is 2. The molecular formula is C19H26N4O5S. The van der Waals surface area contributed by atoms with Crippen LogP contribution in [0, 0.1) is 0 Å². The third-order valence-corrected chi connectivity index (χ3v) is 5.50. The number of rotatable bonds is 3. The highest BCUT2D eigenvalue weighted by molar-refractivity contribution is 7.90. The highest BCUT2D eigenvalue weighted by atomic mass is 32.2. The molecule has 2 heterocycles. The summed E-state index contributed by atoms with van der Waals surface area (Å²) in [5.74, 6) is -0.220. The number of sulfone groups is 1. The van der Waals surface area contributed by atoms with Gasteiger partial charge < -0.3 is 19.1 Å². The average Bonchev–Trinajstić information content (AvgIpc) is 2.99. The Labute approximate surface area is 170 Å². The zero-order chi connectivity index (χ0) is 21.4. The van der Waals surface area contributed by atoms with Crippen molar-refractivity contribution >= 4 is 32.9 Å². The van der Waals surface area contributed by atoms with Crippen molar-refractivity contribution in [1.29, 1.82) is 0 Å². The van der Waals surface area contributed by atoms with Crippen LogP contribution in [0.2, 0.25) is 0 Å². The van der Waals surface area contributed by atoms with Gasteiger partial charge >= 0.3 is 6.09 Å². The number of carbonyl (C=O) groups is 2. The van der Waals surface area contributed by atoms with Gasteiger partial charge in [-0.05, 0) is 32.9 Å². The Balaban J connectivity index is 1.72. The van der Waals surface area contributed by atoms with E-state index in [1.165, 1.54) is 4.57 Å². The van der Waals surface area contributed by atoms with E-state index >= 15 is 0 Å². The molecule has 0 N–H and O–H groups in total. The fourth-order valence-corrected chi connectivity index (χ4v) is 4.02. The van der Waals surface area contributed by atoms with Crippen LogP contribution in [0.3, 0.4) is 0 Å². The normalized spacial score (nSPS) is 15.6. The highest BCUT2D eigenvalue weighted by Gasteiger charge is 2.29. The molecule has 0 atom stereocenters. The van der Waals surface area contributed by atoms with Crippen LogP contribution >= 0.6 is 0 Å². The molecule has 29 heavy (non-hydrogen) atoms. The minimum absolute atomic E-state index is 0.126. The molecular weight excluding hydrogens is 396 g/mol. The van der Waals surface area contributed by atoms with Gasteiger partial charge in [-0.1, -0.05) is 12.1 Å². The summed E-state index contributed by atoms with van der Waals surface area (Å²) in [7, 11) is -3.60. The Morgan fingerprint density at radius 3 is 2.24 bits per heavy atom. The first-order valence-corrected chi connectivity index (χ1v) is 11.3. The van der Waals surface area contributed by atoms with Gasteiger partial charge in [-0.2, -0.15) is 0 Å². The fraction of sp³-hybridized carbons (Fsp3) is 0.526. The predicted octanol–water partition coefficient (Wildman–Crippen LogP) is 1.52. The molecule has 0 bridgehead atoms. The number of benzene rings is 1. The Kier molecular flexibility index (Phi) is 5.57. The van der Waals surface area contributed by atoms with Gasteiger partial charge in [0.1, 0.15) is 12.1 Å². The van der Waals surface area contributed by atoms with Crippen LogP contribution in [0.1, 0.15) is 20.8 Å². The Bertz CT molecular complexity index is 1030. The lowest BCUT2D eigenvalue weighted by atomic mass is 10.2. The molecule has 0 radical (unpaired) electrons. The second-order valence-electron chi connectivity index (χ2n) is 8.09. The summed E-state index contributed by atoms with van der Waals surface area (Å²) in [5, 5.41) is -0.126. The summed E-state index contributed by atoms with van der Waals surface area (Å²) in [5.41, 5.74) is 0.540. The van der Waals surface area contributed by atoms with Gasteiger partial charge in [-0.25, -0.2) is 18.2 Å². The Morgan fingerprint density at radius 1 is 1.07 bits per heavy atom. The first-order chi connectivity index (χ1) is 13.5. The molecule has 158 valence electrons. The summed E-state index contributed by atoms with van der Waals surface area (Å²) in [4.78, 5) is 32.4. The second kappa shape index (κ2) is 7.66. The SMILES string of the molecule is CC(C)(C)OC(=O)N1CCN(C(=O)Cn2c(S(C)(=O)=O)nc3ccccc32)CC1. The molecule has 2 aromatic rings. The number of para-hydroxylation sites is 2. The summed E-state index contributed by atoms with van der Waals surface area (Å²) in [6.07, 6.45) is 0.680. The molecule has 1 aliphatic rings. The topological polar surface area (TPSA) is 102 Å². The summed E-state index contributed by atoms with van der Waals surface area (Å²) in [6.45, 7) is 6.74. The van der Waals surface area contributed by atoms with Gasteiger partial charge in [0.05, 0.1) is 11.0 Å². The number of piperazine rings is 1. The molecule has 1 aromatic heterocycles. The monoisotopic (exact) mass is 422 g/mol. The molecule has 0 unspecified atom stereocenters. The van der Waals surface area contributed by atoms with Crippen LogP contribution in [-0.4, -0.2) is 77.8 Å². The zero-order valence-electron chi connectivity index (χ0n) is 17.1. The number of nitrogens with zero attached hydrogens (tertiary/aromatic N) is 4. The molecule has 1 saturated heterocycles. The van der Waals surface area contributed by atoms with Gasteiger partial charge in [0, 0.05) is 32.4 Å². The third kappa shape index (κ3) is 4.87. The summed E-state index contributed by atoms with van der Waals surface area (Å²) < 4.78 is 31.1. The van der Waals surface area contributed by atoms with E-state index in [2.05, 4.69) is 4.98 Å². The van der Waals surface area contributed by atoms with Gasteiger partial charge in [0.2, 0.25) is 20.9 Å². The first-order valence-electron chi connectivity index (χ1n) is 9.37. The molecule has 1 aliphatic heterocycles. The van der Waals surface area contributed by atoms with Crippen LogP contribution in [0.25, 0.3) is 11.0 Å². The maximum Gasteiger partial charge on any atom is 0.410 e. The van der Waals surface area contributed by atoms with E-state index < -0.39 is 21.5 Å². The zero-order valence-corrected chi connectivity index (χ0v) is 17.9. The predicted molar refractivity (Wildman–Crippen MR) is 107 cm³/mol. The lowest BCUT2D eigenvalue weighted by molar-refractivity contribution is -0.133. The number of hydrogen-bond donors (Lipinski definition) is 0. The molecule has 1 aromatic carbocycles. The summed E-state index contributed by atoms with van der Waals surface area (Å²) >= 11 is 0. The van der Waals surface area contributed by atoms with Crippen molar-refractivity contribution in [2.45, 2.75) is 38.1 Å². The Morgan fingerprint density at radius 2 is 1.66 bits per heavy atom. The smallest absolute Gasteiger partial charge is 0.410 e. The van der Waals surface area contributed by atoms with E-state index in [-0.39, 0.29) is 17.6 Å². The van der Waals surface area contributed by atoms with Crippen LogP contribution in [0.4, 0.5) is 4.79 Å². The maximum atomic E-state index is 12.8. The Hall–Kier alpha value is -2.62. The lowest BCUT2D eigenvalue weighted by Gasteiger charge is -2.35. The van der Waals surface area contributed by atoms with Crippen molar-refractivity contribution in [1.82, 2.24) is 19.4 Å². The van der Waals surface area contributed by atoms with E-state index in [9.17, 15) is 18.0 Å². The van der Waals surface area contributed by atoms with Crippen molar-refractivity contribution < 1.29 is 22.7 Å². The minimum Gasteiger partial charge on any atom is -0.444 e. The standard InChI is InChI=1S/C19H26N4O5S/c1-19(2,3)28-18(25)22-11-9-21(10-12-22)16(24)13-23-15-8-6-5-7-14(15)20-17(23)29(4,26)27/h5-8H,9-13H2,1-4H3. The van der Waals surface area contributed by atoms with E-state index in [4.69, 9.17) is 4.74 Å². The quantitative estimate of drug-likeness (QED) is 0.743. The number of imidazole rings is 1. The lowest BCUT2D eigenvalue weighted by Crippen LogP contribution is -2.52. The number of aromatic nitrogens is 2. The van der Waals surface area contributed by atoms with Gasteiger partial charge in [0.15, 0.2) is 0 Å². The van der Waals surface area contributed by atoms with Crippen molar-refractivity contribution in [2.24, 2.45) is 0 Å². The van der Waals surface area contributed by atoms with Crippen LogP contribution in [0.5, 0.6) is 0 Å². The fourth-order valence-electron chi connectivity index (χ4n) is 3.19. The van der Waals surface area contributed by atoms with Gasteiger partial charge in [-0.15, -0.1) is 0 Å². The summed E-state index contributed by atoms with van der Waals surface area (Å²) in [6, 6.07) is 7.00. The molecule has 0 aliphatic carbocycles. The molecule has 0 saturated carbocycles. The van der Waals surface area contributed by atoms with Gasteiger partial charge in [0.25, 0.3) is 0 Å². The molecule has 2 amide bonds. The van der Waals surface area contributed by atoms with Crippen LogP contribution in [-0.2, 0) is 25.9 Å². The number of hydrogen-bond acceptors (Lipinski definition) is 6.